The van der Waals surface area contributed by atoms with Crippen molar-refractivity contribution in [2.75, 3.05) is 11.9 Å². The molecule has 0 aliphatic carbocycles. The number of anilines is 1. The average molecular weight is 345 g/mol. The number of nitrogens with one attached hydrogen (secondary N) is 1. The van der Waals surface area contributed by atoms with E-state index in [9.17, 15) is 5.11 Å². The molecule has 0 saturated heterocycles. The number of aromatic nitrogens is 2. The normalized spacial score (nSPS) is 12.9. The Morgan fingerprint density at radius 1 is 1.33 bits per heavy atom. The van der Waals surface area contributed by atoms with Gasteiger partial charge in [-0.1, -0.05) is 13.8 Å². The van der Waals surface area contributed by atoms with Crippen LogP contribution in [0.25, 0.3) is 10.2 Å². The molecule has 0 aliphatic heterocycles. The minimum absolute atomic E-state index is 0.0774. The largest absolute Gasteiger partial charge is 0.467 e. The van der Waals surface area contributed by atoms with E-state index in [0.29, 0.717) is 12.3 Å². The molecule has 6 heteroatoms. The number of hydrogen-bond acceptors (Lipinski definition) is 6. The van der Waals surface area contributed by atoms with E-state index in [1.54, 1.807) is 17.6 Å². The van der Waals surface area contributed by atoms with Crippen LogP contribution in [-0.2, 0) is 6.42 Å². The van der Waals surface area contributed by atoms with Gasteiger partial charge in [0.15, 0.2) is 0 Å². The molecule has 0 aromatic carbocycles. The van der Waals surface area contributed by atoms with Crippen LogP contribution in [0.2, 0.25) is 0 Å². The summed E-state index contributed by atoms with van der Waals surface area (Å²) < 4.78 is 5.52. The molecule has 5 nitrogen and oxygen atoms in total. The number of aryl methyl sites for hydroxylation is 1. The van der Waals surface area contributed by atoms with Crippen molar-refractivity contribution in [1.29, 1.82) is 0 Å². The Morgan fingerprint density at radius 2 is 2.17 bits per heavy atom. The van der Waals surface area contributed by atoms with Crippen molar-refractivity contribution in [3.63, 3.8) is 0 Å². The van der Waals surface area contributed by atoms with Gasteiger partial charge in [0.25, 0.3) is 0 Å². The molecule has 0 aliphatic rings. The molecule has 3 heterocycles. The van der Waals surface area contributed by atoms with Crippen LogP contribution in [0.3, 0.4) is 0 Å². The van der Waals surface area contributed by atoms with Crippen LogP contribution < -0.4 is 5.32 Å². The molecule has 0 spiro atoms. The van der Waals surface area contributed by atoms with E-state index < -0.39 is 0 Å². The highest BCUT2D eigenvalue weighted by Crippen LogP contribution is 2.34. The Balaban J connectivity index is 2.01. The van der Waals surface area contributed by atoms with Gasteiger partial charge in [-0.2, -0.15) is 0 Å². The monoisotopic (exact) mass is 345 g/mol. The van der Waals surface area contributed by atoms with Gasteiger partial charge in [0, 0.05) is 6.61 Å². The molecule has 24 heavy (non-hydrogen) atoms. The number of hydrogen-bond donors (Lipinski definition) is 2. The molecular weight excluding hydrogens is 322 g/mol. The Hall–Kier alpha value is -1.92. The maximum absolute atomic E-state index is 9.40. The fraction of sp³-hybridized carbons (Fsp3) is 0.444. The van der Waals surface area contributed by atoms with E-state index in [2.05, 4.69) is 34.5 Å². The second-order valence-electron chi connectivity index (χ2n) is 6.38. The zero-order chi connectivity index (χ0) is 17.1. The molecule has 2 N–H and O–H groups in total. The lowest BCUT2D eigenvalue weighted by atomic mass is 10.0. The maximum Gasteiger partial charge on any atom is 0.139 e. The van der Waals surface area contributed by atoms with Crippen molar-refractivity contribution in [3.05, 3.63) is 40.9 Å². The lowest BCUT2D eigenvalue weighted by Gasteiger charge is -2.18. The van der Waals surface area contributed by atoms with Gasteiger partial charge in [-0.15, -0.1) is 11.3 Å². The number of nitrogens with zero attached hydrogens (tertiary/aromatic N) is 2. The summed E-state index contributed by atoms with van der Waals surface area (Å²) in [5.74, 6) is 2.93. The number of thiophene rings is 1. The fourth-order valence-corrected chi connectivity index (χ4v) is 3.87. The third-order valence-corrected chi connectivity index (χ3v) is 4.79. The topological polar surface area (TPSA) is 71.2 Å². The summed E-state index contributed by atoms with van der Waals surface area (Å²) in [6, 6.07) is 3.66. The summed E-state index contributed by atoms with van der Waals surface area (Å²) in [4.78, 5) is 10.2. The standard InChI is InChI=1S/C18H23N3O2S/c1-11(2)9-13-10-24-18-16(13)17(19-12(3)20-18)21-14(6-7-22)15-5-4-8-23-15/h4-5,8,10-11,14,22H,6-7,9H2,1-3H3,(H,19,20,21). The van der Waals surface area contributed by atoms with Crippen molar-refractivity contribution in [2.45, 2.75) is 39.7 Å². The van der Waals surface area contributed by atoms with Gasteiger partial charge in [0.1, 0.15) is 22.2 Å². The first-order chi connectivity index (χ1) is 11.6. The molecule has 0 bridgehead atoms. The van der Waals surface area contributed by atoms with Gasteiger partial charge in [-0.25, -0.2) is 9.97 Å². The van der Waals surface area contributed by atoms with Gasteiger partial charge in [-0.3, -0.25) is 0 Å². The quantitative estimate of drug-likeness (QED) is 0.667. The van der Waals surface area contributed by atoms with Crippen molar-refractivity contribution in [1.82, 2.24) is 9.97 Å². The predicted octanol–water partition coefficient (Wildman–Crippen LogP) is 4.33. The minimum Gasteiger partial charge on any atom is -0.467 e. The van der Waals surface area contributed by atoms with Crippen molar-refractivity contribution in [2.24, 2.45) is 5.92 Å². The average Bonchev–Trinajstić information content (AvgIpc) is 3.16. The van der Waals surface area contributed by atoms with Gasteiger partial charge in [0.05, 0.1) is 17.7 Å². The van der Waals surface area contributed by atoms with Crippen molar-refractivity contribution < 1.29 is 9.52 Å². The Kier molecular flexibility index (Phi) is 5.16. The number of aliphatic hydroxyl groups excluding tert-OH is 1. The van der Waals surface area contributed by atoms with Crippen LogP contribution in [0.15, 0.2) is 28.2 Å². The SMILES string of the molecule is Cc1nc(NC(CCO)c2ccco2)c2c(CC(C)C)csc2n1. The summed E-state index contributed by atoms with van der Waals surface area (Å²) in [6.45, 7) is 6.40. The van der Waals surface area contributed by atoms with Crippen LogP contribution in [0.1, 0.15) is 43.5 Å². The first kappa shape index (κ1) is 16.9. The third-order valence-electron chi connectivity index (χ3n) is 3.87. The number of rotatable bonds is 7. The molecule has 0 radical (unpaired) electrons. The molecule has 0 saturated carbocycles. The van der Waals surface area contributed by atoms with Crippen molar-refractivity contribution in [3.8, 4) is 0 Å². The fourth-order valence-electron chi connectivity index (χ4n) is 2.87. The number of furan rings is 1. The minimum atomic E-state index is -0.116. The van der Waals surface area contributed by atoms with Crippen LogP contribution in [0.4, 0.5) is 5.82 Å². The van der Waals surface area contributed by atoms with E-state index in [0.717, 1.165) is 34.0 Å². The molecule has 128 valence electrons. The van der Waals surface area contributed by atoms with Crippen LogP contribution in [0.5, 0.6) is 0 Å². The molecule has 0 fully saturated rings. The van der Waals surface area contributed by atoms with E-state index in [1.807, 2.05) is 19.1 Å². The Bertz CT molecular complexity index is 796. The van der Waals surface area contributed by atoms with Gasteiger partial charge >= 0.3 is 0 Å². The van der Waals surface area contributed by atoms with Gasteiger partial charge in [-0.05, 0) is 48.8 Å². The van der Waals surface area contributed by atoms with Crippen LogP contribution in [0, 0.1) is 12.8 Å². The first-order valence-electron chi connectivity index (χ1n) is 8.24. The molecule has 0 amide bonds. The highest BCUT2D eigenvalue weighted by Gasteiger charge is 2.19. The summed E-state index contributed by atoms with van der Waals surface area (Å²) in [6.07, 6.45) is 3.20. The zero-order valence-corrected chi connectivity index (χ0v) is 15.1. The third kappa shape index (κ3) is 3.60. The molecule has 1 atom stereocenters. The highest BCUT2D eigenvalue weighted by atomic mass is 32.1. The Morgan fingerprint density at radius 3 is 2.83 bits per heavy atom. The smallest absolute Gasteiger partial charge is 0.139 e. The predicted molar refractivity (Wildman–Crippen MR) is 97.5 cm³/mol. The zero-order valence-electron chi connectivity index (χ0n) is 14.2. The molecule has 3 aromatic heterocycles. The van der Waals surface area contributed by atoms with E-state index in [-0.39, 0.29) is 12.6 Å². The van der Waals surface area contributed by atoms with Crippen LogP contribution in [-0.4, -0.2) is 21.7 Å². The first-order valence-corrected chi connectivity index (χ1v) is 9.12. The van der Waals surface area contributed by atoms with Crippen molar-refractivity contribution >= 4 is 27.4 Å². The second-order valence-corrected chi connectivity index (χ2v) is 7.24. The molecule has 1 unspecified atom stereocenters. The number of fused-ring (bicyclic) bond motifs is 1. The molecule has 3 rings (SSSR count). The lowest BCUT2D eigenvalue weighted by molar-refractivity contribution is 0.273. The number of aliphatic hydroxyl groups is 1. The summed E-state index contributed by atoms with van der Waals surface area (Å²) >= 11 is 1.66. The lowest BCUT2D eigenvalue weighted by Crippen LogP contribution is -2.14. The summed E-state index contributed by atoms with van der Waals surface area (Å²) in [5.41, 5.74) is 1.27. The van der Waals surface area contributed by atoms with E-state index in [1.165, 1.54) is 5.56 Å². The van der Waals surface area contributed by atoms with Gasteiger partial charge in [0.2, 0.25) is 0 Å². The van der Waals surface area contributed by atoms with Gasteiger partial charge < -0.3 is 14.8 Å². The highest BCUT2D eigenvalue weighted by molar-refractivity contribution is 7.17. The maximum atomic E-state index is 9.40. The van der Waals surface area contributed by atoms with E-state index >= 15 is 0 Å². The summed E-state index contributed by atoms with van der Waals surface area (Å²) in [7, 11) is 0. The second kappa shape index (κ2) is 7.32. The Labute approximate surface area is 145 Å². The van der Waals surface area contributed by atoms with Crippen LogP contribution >= 0.6 is 11.3 Å². The summed E-state index contributed by atoms with van der Waals surface area (Å²) in [5, 5.41) is 16.1. The molecular formula is C18H23N3O2S. The molecule has 3 aromatic rings. The van der Waals surface area contributed by atoms with E-state index in [4.69, 9.17) is 4.42 Å².